The van der Waals surface area contributed by atoms with E-state index in [-0.39, 0.29) is 11.9 Å². The summed E-state index contributed by atoms with van der Waals surface area (Å²) < 4.78 is 7.59. The van der Waals surface area contributed by atoms with E-state index < -0.39 is 0 Å². The number of nitrogens with zero attached hydrogens (tertiary/aromatic N) is 3. The molecule has 2 heterocycles. The predicted molar refractivity (Wildman–Crippen MR) is 75.9 cm³/mol. The fourth-order valence-corrected chi connectivity index (χ4v) is 2.05. The number of aromatic nitrogens is 3. The predicted octanol–water partition coefficient (Wildman–Crippen LogP) is 2.89. The van der Waals surface area contributed by atoms with Crippen molar-refractivity contribution in [2.24, 2.45) is 0 Å². The summed E-state index contributed by atoms with van der Waals surface area (Å²) in [4.78, 5) is 8.61. The van der Waals surface area contributed by atoms with Crippen LogP contribution < -0.4 is 4.74 Å². The van der Waals surface area contributed by atoms with E-state index in [0.717, 1.165) is 11.3 Å². The maximum Gasteiger partial charge on any atom is 0.258 e. The molecule has 0 fully saturated rings. The van der Waals surface area contributed by atoms with E-state index in [4.69, 9.17) is 4.74 Å². The second-order valence-corrected chi connectivity index (χ2v) is 4.78. The zero-order valence-electron chi connectivity index (χ0n) is 11.3. The molecule has 3 aromatic rings. The minimum absolute atomic E-state index is 0.0440. The minimum atomic E-state index is 0.0440. The standard InChI is InChI=1S/C15H15N3O2/c1-10(2)20-15-14-17-9-13(18(14)8-7-16-15)11-3-5-12(19)6-4-11/h3-10,19H,1-2H3. The van der Waals surface area contributed by atoms with Crippen molar-refractivity contribution in [1.82, 2.24) is 14.4 Å². The number of hydrogen-bond acceptors (Lipinski definition) is 4. The summed E-state index contributed by atoms with van der Waals surface area (Å²) in [5.41, 5.74) is 2.58. The lowest BCUT2D eigenvalue weighted by molar-refractivity contribution is 0.234. The molecule has 0 amide bonds. The van der Waals surface area contributed by atoms with Crippen LogP contribution in [0, 0.1) is 0 Å². The van der Waals surface area contributed by atoms with E-state index in [9.17, 15) is 5.11 Å². The van der Waals surface area contributed by atoms with Crippen LogP contribution >= 0.6 is 0 Å². The van der Waals surface area contributed by atoms with Crippen LogP contribution in [0.1, 0.15) is 13.8 Å². The second kappa shape index (κ2) is 4.85. The van der Waals surface area contributed by atoms with E-state index in [2.05, 4.69) is 9.97 Å². The summed E-state index contributed by atoms with van der Waals surface area (Å²) >= 11 is 0. The summed E-state index contributed by atoms with van der Waals surface area (Å²) in [5.74, 6) is 0.764. The minimum Gasteiger partial charge on any atom is -0.508 e. The van der Waals surface area contributed by atoms with Gasteiger partial charge in [0.2, 0.25) is 5.65 Å². The lowest BCUT2D eigenvalue weighted by Gasteiger charge is -2.09. The van der Waals surface area contributed by atoms with Crippen molar-refractivity contribution in [2.45, 2.75) is 20.0 Å². The molecular formula is C15H15N3O2. The van der Waals surface area contributed by atoms with E-state index in [1.54, 1.807) is 24.5 Å². The van der Waals surface area contributed by atoms with Gasteiger partial charge in [0.05, 0.1) is 18.0 Å². The van der Waals surface area contributed by atoms with E-state index in [1.807, 2.05) is 36.6 Å². The molecule has 0 aliphatic carbocycles. The molecule has 1 N–H and O–H groups in total. The van der Waals surface area contributed by atoms with E-state index in [1.165, 1.54) is 0 Å². The fourth-order valence-electron chi connectivity index (χ4n) is 2.05. The molecule has 0 aliphatic rings. The average molecular weight is 269 g/mol. The van der Waals surface area contributed by atoms with E-state index >= 15 is 0 Å². The van der Waals surface area contributed by atoms with Gasteiger partial charge in [-0.15, -0.1) is 0 Å². The second-order valence-electron chi connectivity index (χ2n) is 4.78. The van der Waals surface area contributed by atoms with Crippen molar-refractivity contribution in [2.75, 3.05) is 0 Å². The van der Waals surface area contributed by atoms with Crippen molar-refractivity contribution in [3.8, 4) is 22.9 Å². The normalized spacial score (nSPS) is 11.2. The molecule has 0 saturated heterocycles. The molecule has 20 heavy (non-hydrogen) atoms. The Morgan fingerprint density at radius 3 is 2.60 bits per heavy atom. The Hall–Kier alpha value is -2.56. The van der Waals surface area contributed by atoms with Gasteiger partial charge in [0.25, 0.3) is 5.88 Å². The fraction of sp³-hybridized carbons (Fsp3) is 0.200. The average Bonchev–Trinajstić information content (AvgIpc) is 2.84. The largest absolute Gasteiger partial charge is 0.508 e. The van der Waals surface area contributed by atoms with Crippen LogP contribution in [0.25, 0.3) is 16.9 Å². The Kier molecular flexibility index (Phi) is 3.02. The van der Waals surface area contributed by atoms with Crippen LogP contribution in [0.5, 0.6) is 11.6 Å². The number of rotatable bonds is 3. The number of benzene rings is 1. The van der Waals surface area contributed by atoms with E-state index in [0.29, 0.717) is 11.5 Å². The maximum atomic E-state index is 9.36. The molecule has 1 aromatic carbocycles. The van der Waals surface area contributed by atoms with Gasteiger partial charge in [0, 0.05) is 18.0 Å². The summed E-state index contributed by atoms with van der Waals surface area (Å²) in [7, 11) is 0. The molecule has 0 bridgehead atoms. The molecule has 0 unspecified atom stereocenters. The first-order valence-corrected chi connectivity index (χ1v) is 6.43. The van der Waals surface area contributed by atoms with Crippen LogP contribution in [0.15, 0.2) is 42.9 Å². The van der Waals surface area contributed by atoms with Gasteiger partial charge in [-0.1, -0.05) is 0 Å². The number of ether oxygens (including phenoxy) is 1. The maximum absolute atomic E-state index is 9.36. The van der Waals surface area contributed by atoms with Crippen LogP contribution in [-0.4, -0.2) is 25.6 Å². The molecule has 2 aromatic heterocycles. The quantitative estimate of drug-likeness (QED) is 0.794. The zero-order valence-corrected chi connectivity index (χ0v) is 11.3. The van der Waals surface area contributed by atoms with Crippen LogP contribution in [-0.2, 0) is 0 Å². The van der Waals surface area contributed by atoms with Gasteiger partial charge in [-0.25, -0.2) is 9.97 Å². The first-order valence-electron chi connectivity index (χ1n) is 6.43. The highest BCUT2D eigenvalue weighted by Crippen LogP contribution is 2.25. The molecule has 5 nitrogen and oxygen atoms in total. The van der Waals surface area contributed by atoms with Crippen LogP contribution in [0.3, 0.4) is 0 Å². The number of imidazole rings is 1. The molecule has 5 heteroatoms. The molecule has 3 rings (SSSR count). The molecule has 0 atom stereocenters. The Balaban J connectivity index is 2.12. The highest BCUT2D eigenvalue weighted by Gasteiger charge is 2.12. The number of phenols is 1. The summed E-state index contributed by atoms with van der Waals surface area (Å²) in [6, 6.07) is 7.01. The third kappa shape index (κ3) is 2.18. The number of phenolic OH excluding ortho intramolecular Hbond substituents is 1. The van der Waals surface area contributed by atoms with Crippen molar-refractivity contribution in [1.29, 1.82) is 0 Å². The van der Waals surface area contributed by atoms with Gasteiger partial charge in [-0.3, -0.25) is 4.40 Å². The lowest BCUT2D eigenvalue weighted by atomic mass is 10.1. The topological polar surface area (TPSA) is 59.7 Å². The van der Waals surface area contributed by atoms with Crippen molar-refractivity contribution in [3.63, 3.8) is 0 Å². The first-order chi connectivity index (χ1) is 9.65. The highest BCUT2D eigenvalue weighted by atomic mass is 16.5. The van der Waals surface area contributed by atoms with Gasteiger partial charge < -0.3 is 9.84 Å². The molecule has 0 saturated carbocycles. The summed E-state index contributed by atoms with van der Waals surface area (Å²) in [6.07, 6.45) is 5.35. The van der Waals surface area contributed by atoms with Crippen LogP contribution in [0.2, 0.25) is 0 Å². The van der Waals surface area contributed by atoms with Gasteiger partial charge in [0.1, 0.15) is 5.75 Å². The van der Waals surface area contributed by atoms with Gasteiger partial charge in [-0.2, -0.15) is 0 Å². The summed E-state index contributed by atoms with van der Waals surface area (Å²) in [6.45, 7) is 3.91. The van der Waals surface area contributed by atoms with Crippen molar-refractivity contribution >= 4 is 5.65 Å². The summed E-state index contributed by atoms with van der Waals surface area (Å²) in [5, 5.41) is 9.36. The first kappa shape index (κ1) is 12.5. The molecule has 102 valence electrons. The van der Waals surface area contributed by atoms with Crippen molar-refractivity contribution < 1.29 is 9.84 Å². The Morgan fingerprint density at radius 1 is 1.15 bits per heavy atom. The molecule has 0 radical (unpaired) electrons. The number of hydrogen-bond donors (Lipinski definition) is 1. The Bertz CT molecular complexity index is 732. The SMILES string of the molecule is CC(C)Oc1nccn2c(-c3ccc(O)cc3)cnc12. The number of fused-ring (bicyclic) bond motifs is 1. The molecule has 0 spiro atoms. The van der Waals surface area contributed by atoms with Gasteiger partial charge in [0.15, 0.2) is 0 Å². The van der Waals surface area contributed by atoms with Crippen LogP contribution in [0.4, 0.5) is 0 Å². The smallest absolute Gasteiger partial charge is 0.258 e. The molecule has 0 aliphatic heterocycles. The van der Waals surface area contributed by atoms with Crippen molar-refractivity contribution in [3.05, 3.63) is 42.9 Å². The Morgan fingerprint density at radius 2 is 1.90 bits per heavy atom. The molecular weight excluding hydrogens is 254 g/mol. The lowest BCUT2D eigenvalue weighted by Crippen LogP contribution is -2.08. The third-order valence-corrected chi connectivity index (χ3v) is 2.91. The zero-order chi connectivity index (χ0) is 14.1. The third-order valence-electron chi connectivity index (χ3n) is 2.91. The van der Waals surface area contributed by atoms with Gasteiger partial charge in [-0.05, 0) is 38.1 Å². The Labute approximate surface area is 116 Å². The highest BCUT2D eigenvalue weighted by molar-refractivity contribution is 5.66. The monoisotopic (exact) mass is 269 g/mol. The number of aromatic hydroxyl groups is 1. The van der Waals surface area contributed by atoms with Gasteiger partial charge >= 0.3 is 0 Å².